The van der Waals surface area contributed by atoms with Crippen LogP contribution >= 0.6 is 12.4 Å². The summed E-state index contributed by atoms with van der Waals surface area (Å²) in [5.74, 6) is -13.2. The minimum Gasteiger partial charge on any atom is -0.342 e. The highest BCUT2D eigenvalue weighted by molar-refractivity contribution is 5.85. The third-order valence-electron chi connectivity index (χ3n) is 1.59. The van der Waals surface area contributed by atoms with Crippen LogP contribution in [0.3, 0.4) is 0 Å². The van der Waals surface area contributed by atoms with Crippen LogP contribution in [0.4, 0.5) is 0 Å². The van der Waals surface area contributed by atoms with E-state index >= 15 is 0 Å². The Morgan fingerprint density at radius 1 is 0.533 bits per heavy atom. The molecule has 0 aliphatic heterocycles. The fourth-order valence-corrected chi connectivity index (χ4v) is 0.675. The molecule has 0 aliphatic rings. The van der Waals surface area contributed by atoms with Crippen molar-refractivity contribution in [2.24, 2.45) is 5.73 Å². The number of rotatable bonds is 3. The van der Waals surface area contributed by atoms with E-state index in [1.54, 1.807) is 0 Å². The highest BCUT2D eigenvalue weighted by atomic mass is 35.5. The molecule has 0 aromatic rings. The van der Waals surface area contributed by atoms with Gasteiger partial charge in [-0.15, -0.1) is 12.4 Å². The summed E-state index contributed by atoms with van der Waals surface area (Å²) in [7, 11) is 0. The zero-order valence-corrected chi connectivity index (χ0v) is 7.83. The van der Waals surface area contributed by atoms with Crippen molar-refractivity contribution in [1.82, 2.24) is 0 Å². The Kier molecular flexibility index (Phi) is 4.66. The molecule has 0 aromatic carbocycles. The van der Waals surface area contributed by atoms with Gasteiger partial charge in [0.15, 0.2) is 0 Å². The van der Waals surface area contributed by atoms with Crippen LogP contribution in [0.25, 0.3) is 0 Å². The summed E-state index contributed by atoms with van der Waals surface area (Å²) < 4.78 is 0. The number of nitrogens with two attached hydrogens (primary N) is 1. The molecule has 0 amide bonds. The van der Waals surface area contributed by atoms with Crippen molar-refractivity contribution in [3.05, 3.63) is 0 Å². The van der Waals surface area contributed by atoms with Gasteiger partial charge in [-0.3, -0.25) is 0 Å². The fourth-order valence-electron chi connectivity index (χ4n) is 0.675. The summed E-state index contributed by atoms with van der Waals surface area (Å²) in [5, 5.41) is 75.9. The van der Waals surface area contributed by atoms with E-state index in [-0.39, 0.29) is 12.4 Å². The molecule has 0 rings (SSSR count). The molecule has 0 saturated heterocycles. The van der Waals surface area contributed by atoms with Crippen LogP contribution in [-0.2, 0) is 0 Å². The second-order valence-corrected chi connectivity index (χ2v) is 2.71. The first-order chi connectivity index (χ1) is 5.75. The van der Waals surface area contributed by atoms with Crippen LogP contribution in [0.1, 0.15) is 0 Å². The molecule has 94 valence electrons. The van der Waals surface area contributed by atoms with E-state index in [0.717, 1.165) is 0 Å². The average molecular weight is 254 g/mol. The van der Waals surface area contributed by atoms with Crippen LogP contribution in [-0.4, -0.2) is 69.4 Å². The zero-order chi connectivity index (χ0) is 12.0. The van der Waals surface area contributed by atoms with Gasteiger partial charge in [0, 0.05) is 0 Å². The molecule has 10 nitrogen and oxygen atoms in total. The Labute approximate surface area is 88.5 Å². The minimum absolute atomic E-state index is 0. The summed E-state index contributed by atoms with van der Waals surface area (Å²) in [5.41, 5.74) is 0.292. The van der Waals surface area contributed by atoms with Crippen molar-refractivity contribution in [2.45, 2.75) is 23.5 Å². The molecule has 0 radical (unpaired) electrons. The first-order valence-corrected chi connectivity index (χ1v) is 3.05. The van der Waals surface area contributed by atoms with Gasteiger partial charge in [0.1, 0.15) is 0 Å². The molecule has 0 bridgehead atoms. The van der Waals surface area contributed by atoms with Crippen LogP contribution in [0.2, 0.25) is 0 Å². The van der Waals surface area contributed by atoms with E-state index in [4.69, 9.17) is 46.0 Å². The molecular weight excluding hydrogens is 241 g/mol. The molecule has 0 heterocycles. The lowest BCUT2D eigenvalue weighted by Crippen LogP contribution is -2.83. The van der Waals surface area contributed by atoms with Crippen molar-refractivity contribution in [1.29, 1.82) is 0 Å². The molecule has 11 N–H and O–H groups in total. The molecule has 11 heteroatoms. The van der Waals surface area contributed by atoms with Gasteiger partial charge in [-0.1, -0.05) is 0 Å². The molecule has 0 aliphatic carbocycles. The van der Waals surface area contributed by atoms with E-state index in [9.17, 15) is 0 Å². The molecule has 0 spiro atoms. The van der Waals surface area contributed by atoms with Crippen molar-refractivity contribution >= 4 is 12.4 Å². The first-order valence-electron chi connectivity index (χ1n) is 3.05. The Balaban J connectivity index is 0. The van der Waals surface area contributed by atoms with Crippen molar-refractivity contribution in [3.63, 3.8) is 0 Å². The Morgan fingerprint density at radius 3 is 0.667 bits per heavy atom. The smallest absolute Gasteiger partial charge is 0.311 e. The van der Waals surface area contributed by atoms with Crippen LogP contribution < -0.4 is 5.73 Å². The third kappa shape index (κ3) is 2.72. The number of aliphatic hydroxyl groups is 9. The molecule has 0 aromatic heterocycles. The van der Waals surface area contributed by atoms with Crippen LogP contribution in [0, 0.1) is 0 Å². The summed E-state index contributed by atoms with van der Waals surface area (Å²) in [6.45, 7) is 0. The highest BCUT2D eigenvalue weighted by Crippen LogP contribution is 2.31. The standard InChI is InChI=1S/C4H11NO9.ClH/c5-1(2(6,7)8,3(9,10)11)4(12,13)14;/h6-14H,5H2;1H. The predicted molar refractivity (Wildman–Crippen MR) is 42.3 cm³/mol. The Bertz CT molecular complexity index is 176. The van der Waals surface area contributed by atoms with Crippen LogP contribution in [0.15, 0.2) is 0 Å². The molecule has 0 fully saturated rings. The lowest BCUT2D eigenvalue weighted by Gasteiger charge is -2.45. The molecule has 0 saturated carbocycles. The van der Waals surface area contributed by atoms with E-state index in [0.29, 0.717) is 0 Å². The monoisotopic (exact) mass is 253 g/mol. The third-order valence-corrected chi connectivity index (χ3v) is 1.59. The zero-order valence-electron chi connectivity index (χ0n) is 7.01. The van der Waals surface area contributed by atoms with E-state index in [1.165, 1.54) is 0 Å². The van der Waals surface area contributed by atoms with E-state index in [2.05, 4.69) is 5.73 Å². The predicted octanol–water partition coefficient (Wildman–Crippen LogP) is -6.00. The molecule has 0 unspecified atom stereocenters. The largest absolute Gasteiger partial charge is 0.342 e. The van der Waals surface area contributed by atoms with Crippen molar-refractivity contribution in [3.8, 4) is 0 Å². The van der Waals surface area contributed by atoms with Gasteiger partial charge in [-0.25, -0.2) is 0 Å². The first kappa shape index (κ1) is 17.3. The maximum atomic E-state index is 8.43. The van der Waals surface area contributed by atoms with E-state index < -0.39 is 23.5 Å². The van der Waals surface area contributed by atoms with Gasteiger partial charge in [0.2, 0.25) is 0 Å². The van der Waals surface area contributed by atoms with Gasteiger partial charge in [-0.2, -0.15) is 0 Å². The molecule has 0 atom stereocenters. The van der Waals surface area contributed by atoms with Crippen LogP contribution in [0.5, 0.6) is 0 Å². The van der Waals surface area contributed by atoms with Gasteiger partial charge < -0.3 is 51.7 Å². The minimum atomic E-state index is -4.40. The summed E-state index contributed by atoms with van der Waals surface area (Å²) in [6.07, 6.45) is 0. The maximum absolute atomic E-state index is 8.43. The Hall–Kier alpha value is -0.110. The topological polar surface area (TPSA) is 208 Å². The summed E-state index contributed by atoms with van der Waals surface area (Å²) in [6, 6.07) is 0. The van der Waals surface area contributed by atoms with Gasteiger partial charge >= 0.3 is 17.9 Å². The maximum Gasteiger partial charge on any atom is 0.311 e. The van der Waals surface area contributed by atoms with E-state index in [1.807, 2.05) is 0 Å². The van der Waals surface area contributed by atoms with Gasteiger partial charge in [-0.05, 0) is 0 Å². The number of halogens is 1. The van der Waals surface area contributed by atoms with Crippen molar-refractivity contribution in [2.75, 3.05) is 0 Å². The normalized spacial score (nSPS) is 14.8. The average Bonchev–Trinajstić information content (AvgIpc) is 1.77. The van der Waals surface area contributed by atoms with Gasteiger partial charge in [0.25, 0.3) is 5.54 Å². The number of hydrogen-bond acceptors (Lipinski definition) is 10. The second kappa shape index (κ2) is 4.04. The SMILES string of the molecule is Cl.NC(C(O)(O)O)(C(O)(O)O)C(O)(O)O. The second-order valence-electron chi connectivity index (χ2n) is 2.71. The lowest BCUT2D eigenvalue weighted by atomic mass is 9.91. The molecule has 15 heavy (non-hydrogen) atoms. The quantitative estimate of drug-likeness (QED) is 0.215. The van der Waals surface area contributed by atoms with Gasteiger partial charge in [0.05, 0.1) is 0 Å². The molecular formula is C4H12ClNO9. The fraction of sp³-hybridized carbons (Fsp3) is 1.00. The number of hydrogen-bond donors (Lipinski definition) is 10. The van der Waals surface area contributed by atoms with Crippen molar-refractivity contribution < 1.29 is 46.0 Å². The highest BCUT2D eigenvalue weighted by Gasteiger charge is 2.72. The summed E-state index contributed by atoms with van der Waals surface area (Å²) >= 11 is 0. The Morgan fingerprint density at radius 2 is 0.667 bits per heavy atom. The summed E-state index contributed by atoms with van der Waals surface area (Å²) in [4.78, 5) is 0. The lowest BCUT2D eigenvalue weighted by molar-refractivity contribution is -0.523.